The highest BCUT2D eigenvalue weighted by atomic mass is 32.2. The van der Waals surface area contributed by atoms with Gasteiger partial charge >= 0.3 is 0 Å². The van der Waals surface area contributed by atoms with Crippen molar-refractivity contribution in [3.63, 3.8) is 0 Å². The first-order chi connectivity index (χ1) is 15.6. The molecule has 0 bridgehead atoms. The van der Waals surface area contributed by atoms with Gasteiger partial charge in [0.1, 0.15) is 11.5 Å². The fourth-order valence-corrected chi connectivity index (χ4v) is 3.99. The first-order valence-electron chi connectivity index (χ1n) is 10.3. The van der Waals surface area contributed by atoms with Crippen LogP contribution in [0, 0.1) is 6.92 Å². The SMILES string of the molecule is CCOc1ccc(-n2c(SCC(=O)NCc3ccco3)nnc2-c2cccc(C)c2)cc1. The van der Waals surface area contributed by atoms with Crippen LogP contribution in [0.4, 0.5) is 0 Å². The van der Waals surface area contributed by atoms with Gasteiger partial charge in [-0.15, -0.1) is 10.2 Å². The summed E-state index contributed by atoms with van der Waals surface area (Å²) in [6.45, 7) is 4.95. The number of aromatic nitrogens is 3. The Morgan fingerprint density at radius 2 is 1.97 bits per heavy atom. The number of nitrogens with zero attached hydrogens (tertiary/aromatic N) is 3. The molecule has 0 aliphatic rings. The van der Waals surface area contributed by atoms with Gasteiger partial charge in [-0.2, -0.15) is 0 Å². The first kappa shape index (κ1) is 21.7. The summed E-state index contributed by atoms with van der Waals surface area (Å²) in [7, 11) is 0. The Hall–Kier alpha value is -3.52. The molecule has 0 saturated heterocycles. The second kappa shape index (κ2) is 10.2. The van der Waals surface area contributed by atoms with Gasteiger partial charge in [0.15, 0.2) is 11.0 Å². The molecule has 0 atom stereocenters. The molecule has 0 radical (unpaired) electrons. The van der Waals surface area contributed by atoms with E-state index in [2.05, 4.69) is 21.6 Å². The van der Waals surface area contributed by atoms with E-state index < -0.39 is 0 Å². The van der Waals surface area contributed by atoms with E-state index in [4.69, 9.17) is 9.15 Å². The van der Waals surface area contributed by atoms with Gasteiger partial charge in [-0.25, -0.2) is 0 Å². The molecule has 0 saturated carbocycles. The van der Waals surface area contributed by atoms with Crippen LogP contribution >= 0.6 is 11.8 Å². The van der Waals surface area contributed by atoms with Crippen molar-refractivity contribution in [1.82, 2.24) is 20.1 Å². The number of rotatable bonds is 9. The smallest absolute Gasteiger partial charge is 0.230 e. The molecule has 0 spiro atoms. The van der Waals surface area contributed by atoms with E-state index in [0.29, 0.717) is 24.1 Å². The van der Waals surface area contributed by atoms with Crippen molar-refractivity contribution < 1.29 is 13.9 Å². The summed E-state index contributed by atoms with van der Waals surface area (Å²) < 4.78 is 12.8. The highest BCUT2D eigenvalue weighted by Gasteiger charge is 2.17. The molecule has 2 aromatic heterocycles. The van der Waals surface area contributed by atoms with Gasteiger partial charge in [0.05, 0.1) is 25.2 Å². The maximum atomic E-state index is 12.3. The van der Waals surface area contributed by atoms with Crippen molar-refractivity contribution in [2.75, 3.05) is 12.4 Å². The van der Waals surface area contributed by atoms with E-state index in [9.17, 15) is 4.79 Å². The number of ether oxygens (including phenoxy) is 1. The topological polar surface area (TPSA) is 82.2 Å². The van der Waals surface area contributed by atoms with E-state index in [-0.39, 0.29) is 11.7 Å². The zero-order chi connectivity index (χ0) is 22.3. The molecule has 2 heterocycles. The van der Waals surface area contributed by atoms with Gasteiger partial charge in [-0.05, 0) is 56.3 Å². The Kier molecular flexibility index (Phi) is 6.91. The second-order valence-corrected chi connectivity index (χ2v) is 8.03. The van der Waals surface area contributed by atoms with E-state index in [1.165, 1.54) is 11.8 Å². The Morgan fingerprint density at radius 1 is 1.12 bits per heavy atom. The predicted molar refractivity (Wildman–Crippen MR) is 124 cm³/mol. The van der Waals surface area contributed by atoms with Crippen molar-refractivity contribution in [3.05, 3.63) is 78.3 Å². The molecule has 0 aliphatic carbocycles. The Labute approximate surface area is 190 Å². The minimum absolute atomic E-state index is 0.107. The number of furan rings is 1. The van der Waals surface area contributed by atoms with Crippen molar-refractivity contribution in [2.45, 2.75) is 25.5 Å². The third kappa shape index (κ3) is 5.20. The molecule has 4 aromatic rings. The summed E-state index contributed by atoms with van der Waals surface area (Å²) in [5.41, 5.74) is 2.99. The molecular weight excluding hydrogens is 424 g/mol. The van der Waals surface area contributed by atoms with Crippen LogP contribution in [0.3, 0.4) is 0 Å². The molecule has 0 aliphatic heterocycles. The highest BCUT2D eigenvalue weighted by Crippen LogP contribution is 2.29. The van der Waals surface area contributed by atoms with E-state index >= 15 is 0 Å². The minimum Gasteiger partial charge on any atom is -0.494 e. The summed E-state index contributed by atoms with van der Waals surface area (Å²) in [4.78, 5) is 12.3. The molecule has 0 unspecified atom stereocenters. The number of carbonyl (C=O) groups is 1. The van der Waals surface area contributed by atoms with Crippen molar-refractivity contribution >= 4 is 17.7 Å². The van der Waals surface area contributed by atoms with Gasteiger partial charge in [0.2, 0.25) is 5.91 Å². The fraction of sp³-hybridized carbons (Fsp3) is 0.208. The number of benzene rings is 2. The van der Waals surface area contributed by atoms with Crippen LogP contribution in [0.2, 0.25) is 0 Å². The van der Waals surface area contributed by atoms with Gasteiger partial charge in [0.25, 0.3) is 0 Å². The number of amides is 1. The first-order valence-corrected chi connectivity index (χ1v) is 11.3. The minimum atomic E-state index is -0.107. The third-order valence-electron chi connectivity index (χ3n) is 4.69. The third-order valence-corrected chi connectivity index (χ3v) is 5.62. The van der Waals surface area contributed by atoms with E-state index in [1.807, 2.05) is 66.9 Å². The van der Waals surface area contributed by atoms with Crippen molar-refractivity contribution in [1.29, 1.82) is 0 Å². The van der Waals surface area contributed by atoms with Crippen LogP contribution in [-0.2, 0) is 11.3 Å². The summed E-state index contributed by atoms with van der Waals surface area (Å²) in [6, 6.07) is 19.5. The molecule has 1 amide bonds. The maximum absolute atomic E-state index is 12.3. The lowest BCUT2D eigenvalue weighted by Crippen LogP contribution is -2.24. The van der Waals surface area contributed by atoms with Crippen molar-refractivity contribution in [3.8, 4) is 22.8 Å². The number of carbonyl (C=O) groups excluding carboxylic acids is 1. The molecule has 4 rings (SSSR count). The normalized spacial score (nSPS) is 10.8. The fourth-order valence-electron chi connectivity index (χ4n) is 3.21. The summed E-state index contributed by atoms with van der Waals surface area (Å²) >= 11 is 1.34. The van der Waals surface area contributed by atoms with Crippen LogP contribution in [-0.4, -0.2) is 33.0 Å². The molecule has 8 heteroatoms. The second-order valence-electron chi connectivity index (χ2n) is 7.08. The van der Waals surface area contributed by atoms with Gasteiger partial charge in [0, 0.05) is 11.3 Å². The van der Waals surface area contributed by atoms with Gasteiger partial charge < -0.3 is 14.5 Å². The molecule has 7 nitrogen and oxygen atoms in total. The molecular formula is C24H24N4O3S. The average Bonchev–Trinajstić information content (AvgIpc) is 3.47. The van der Waals surface area contributed by atoms with Crippen LogP contribution in [0.25, 0.3) is 17.1 Å². The zero-order valence-corrected chi connectivity index (χ0v) is 18.8. The number of hydrogen-bond acceptors (Lipinski definition) is 6. The largest absolute Gasteiger partial charge is 0.494 e. The van der Waals surface area contributed by atoms with Crippen molar-refractivity contribution in [2.24, 2.45) is 0 Å². The van der Waals surface area contributed by atoms with E-state index in [0.717, 1.165) is 28.4 Å². The van der Waals surface area contributed by atoms with E-state index in [1.54, 1.807) is 12.3 Å². The highest BCUT2D eigenvalue weighted by molar-refractivity contribution is 7.99. The average molecular weight is 449 g/mol. The Morgan fingerprint density at radius 3 is 2.69 bits per heavy atom. The van der Waals surface area contributed by atoms with Crippen LogP contribution in [0.5, 0.6) is 5.75 Å². The standard InChI is InChI=1S/C24H24N4O3S/c1-3-30-20-11-9-19(10-12-20)28-23(18-7-4-6-17(2)14-18)26-27-24(28)32-16-22(29)25-15-21-8-5-13-31-21/h4-14H,3,15-16H2,1-2H3,(H,25,29). The Balaban J connectivity index is 1.58. The lowest BCUT2D eigenvalue weighted by Gasteiger charge is -2.12. The summed E-state index contributed by atoms with van der Waals surface area (Å²) in [5, 5.41) is 12.3. The molecule has 2 aromatic carbocycles. The van der Waals surface area contributed by atoms with Crippen LogP contribution in [0.1, 0.15) is 18.2 Å². The predicted octanol–water partition coefficient (Wildman–Crippen LogP) is 4.64. The zero-order valence-electron chi connectivity index (χ0n) is 17.9. The monoisotopic (exact) mass is 448 g/mol. The van der Waals surface area contributed by atoms with Crippen LogP contribution < -0.4 is 10.1 Å². The molecule has 1 N–H and O–H groups in total. The Bertz CT molecular complexity index is 1170. The lowest BCUT2D eigenvalue weighted by atomic mass is 10.1. The number of hydrogen-bond donors (Lipinski definition) is 1. The quantitative estimate of drug-likeness (QED) is 0.376. The molecule has 164 valence electrons. The number of aryl methyl sites for hydroxylation is 1. The number of thioether (sulfide) groups is 1. The lowest BCUT2D eigenvalue weighted by molar-refractivity contribution is -0.118. The van der Waals surface area contributed by atoms with Gasteiger partial charge in [-0.1, -0.05) is 35.5 Å². The van der Waals surface area contributed by atoms with Gasteiger partial charge in [-0.3, -0.25) is 9.36 Å². The summed E-state index contributed by atoms with van der Waals surface area (Å²) in [6.07, 6.45) is 1.59. The molecule has 0 fully saturated rings. The number of nitrogens with one attached hydrogen (secondary N) is 1. The maximum Gasteiger partial charge on any atom is 0.230 e. The summed E-state index contributed by atoms with van der Waals surface area (Å²) in [5.74, 6) is 2.33. The van der Waals surface area contributed by atoms with Crippen LogP contribution in [0.15, 0.2) is 76.5 Å². The molecule has 32 heavy (non-hydrogen) atoms.